The zero-order chi connectivity index (χ0) is 11.5. The first-order valence-electron chi connectivity index (χ1n) is 4.84. The van der Waals surface area contributed by atoms with Crippen molar-refractivity contribution >= 4 is 15.9 Å². The molecule has 0 aliphatic heterocycles. The van der Waals surface area contributed by atoms with E-state index in [1.54, 1.807) is 16.9 Å². The third-order valence-electron chi connectivity index (χ3n) is 2.26. The summed E-state index contributed by atoms with van der Waals surface area (Å²) in [5.41, 5.74) is 7.31. The molecule has 0 atom stereocenters. The molecule has 2 aromatic rings. The van der Waals surface area contributed by atoms with Gasteiger partial charge in [-0.05, 0) is 23.8 Å². The van der Waals surface area contributed by atoms with E-state index in [0.29, 0.717) is 13.1 Å². The second kappa shape index (κ2) is 4.76. The van der Waals surface area contributed by atoms with E-state index in [4.69, 9.17) is 5.73 Å². The first-order chi connectivity index (χ1) is 7.69. The highest BCUT2D eigenvalue weighted by Crippen LogP contribution is 2.18. The number of aromatic nitrogens is 2. The lowest BCUT2D eigenvalue weighted by Gasteiger charge is -2.04. The predicted octanol–water partition coefficient (Wildman–Crippen LogP) is 2.29. The van der Waals surface area contributed by atoms with Crippen LogP contribution in [0.1, 0.15) is 11.1 Å². The van der Waals surface area contributed by atoms with Crippen LogP contribution in [0.2, 0.25) is 0 Å². The highest BCUT2D eigenvalue weighted by Gasteiger charge is 2.04. The van der Waals surface area contributed by atoms with E-state index in [0.717, 1.165) is 15.6 Å². The van der Waals surface area contributed by atoms with Gasteiger partial charge in [0.1, 0.15) is 5.82 Å². The minimum atomic E-state index is -0.246. The number of benzene rings is 1. The Morgan fingerprint density at radius 1 is 1.44 bits per heavy atom. The maximum absolute atomic E-state index is 13.1. The zero-order valence-corrected chi connectivity index (χ0v) is 10.1. The van der Waals surface area contributed by atoms with E-state index in [-0.39, 0.29) is 5.82 Å². The minimum Gasteiger partial charge on any atom is -0.326 e. The van der Waals surface area contributed by atoms with Crippen molar-refractivity contribution in [2.45, 2.75) is 13.1 Å². The van der Waals surface area contributed by atoms with Crippen LogP contribution in [0.15, 0.2) is 35.1 Å². The van der Waals surface area contributed by atoms with Crippen molar-refractivity contribution in [3.63, 3.8) is 0 Å². The summed E-state index contributed by atoms with van der Waals surface area (Å²) < 4.78 is 15.7. The quantitative estimate of drug-likeness (QED) is 0.939. The lowest BCUT2D eigenvalue weighted by atomic mass is 10.2. The number of halogens is 2. The molecular formula is C11H11BrFN3. The molecule has 0 aliphatic rings. The van der Waals surface area contributed by atoms with E-state index >= 15 is 0 Å². The van der Waals surface area contributed by atoms with Crippen LogP contribution in [0.25, 0.3) is 0 Å². The molecule has 0 saturated heterocycles. The van der Waals surface area contributed by atoms with Gasteiger partial charge in [-0.25, -0.2) is 4.39 Å². The molecule has 1 heterocycles. The Labute approximate surface area is 101 Å². The first-order valence-corrected chi connectivity index (χ1v) is 5.63. The van der Waals surface area contributed by atoms with Crippen LogP contribution in [0, 0.1) is 5.82 Å². The fourth-order valence-electron chi connectivity index (χ4n) is 1.44. The van der Waals surface area contributed by atoms with Crippen LogP contribution in [0.5, 0.6) is 0 Å². The number of nitrogens with zero attached hydrogens (tertiary/aromatic N) is 2. The third kappa shape index (κ3) is 2.48. The normalized spacial score (nSPS) is 10.7. The number of rotatable bonds is 3. The van der Waals surface area contributed by atoms with E-state index < -0.39 is 0 Å². The van der Waals surface area contributed by atoms with Crippen LogP contribution in [-0.4, -0.2) is 9.78 Å². The number of hydrogen-bond acceptors (Lipinski definition) is 2. The SMILES string of the molecule is NCc1cnn(Cc2cc(F)ccc2Br)c1. The molecule has 16 heavy (non-hydrogen) atoms. The number of nitrogens with two attached hydrogens (primary N) is 1. The van der Waals surface area contributed by atoms with Gasteiger partial charge in [0.2, 0.25) is 0 Å². The molecule has 0 bridgehead atoms. The molecular weight excluding hydrogens is 273 g/mol. The van der Waals surface area contributed by atoms with Gasteiger partial charge in [0.25, 0.3) is 0 Å². The largest absolute Gasteiger partial charge is 0.326 e. The summed E-state index contributed by atoms with van der Waals surface area (Å²) in [6, 6.07) is 4.61. The van der Waals surface area contributed by atoms with Crippen LogP contribution < -0.4 is 5.73 Å². The Hall–Kier alpha value is -1.20. The Morgan fingerprint density at radius 3 is 2.94 bits per heavy atom. The summed E-state index contributed by atoms with van der Waals surface area (Å²) in [6.07, 6.45) is 3.57. The van der Waals surface area contributed by atoms with Gasteiger partial charge in [0, 0.05) is 22.8 Å². The van der Waals surface area contributed by atoms with E-state index in [1.165, 1.54) is 12.1 Å². The topological polar surface area (TPSA) is 43.8 Å². The lowest BCUT2D eigenvalue weighted by molar-refractivity contribution is 0.618. The van der Waals surface area contributed by atoms with Gasteiger partial charge < -0.3 is 5.73 Å². The molecule has 5 heteroatoms. The molecule has 0 saturated carbocycles. The van der Waals surface area contributed by atoms with Gasteiger partial charge in [-0.2, -0.15) is 5.10 Å². The van der Waals surface area contributed by atoms with Crippen LogP contribution in [0.4, 0.5) is 4.39 Å². The van der Waals surface area contributed by atoms with Gasteiger partial charge in [-0.1, -0.05) is 15.9 Å². The molecule has 0 amide bonds. The Morgan fingerprint density at radius 2 is 2.25 bits per heavy atom. The molecule has 2 N–H and O–H groups in total. The van der Waals surface area contributed by atoms with E-state index in [2.05, 4.69) is 21.0 Å². The van der Waals surface area contributed by atoms with Gasteiger partial charge in [0.05, 0.1) is 12.7 Å². The van der Waals surface area contributed by atoms with E-state index in [1.807, 2.05) is 6.20 Å². The standard InChI is InChI=1S/C11H11BrFN3/c12-11-2-1-10(13)3-9(11)7-16-6-8(4-14)5-15-16/h1-3,5-6H,4,7,14H2. The molecule has 0 spiro atoms. The minimum absolute atomic E-state index is 0.246. The third-order valence-corrected chi connectivity index (χ3v) is 3.04. The molecule has 0 fully saturated rings. The van der Waals surface area contributed by atoms with Crippen LogP contribution in [-0.2, 0) is 13.1 Å². The summed E-state index contributed by atoms with van der Waals surface area (Å²) in [7, 11) is 0. The maximum Gasteiger partial charge on any atom is 0.123 e. The number of hydrogen-bond donors (Lipinski definition) is 1. The van der Waals surface area contributed by atoms with Gasteiger partial charge in [-0.15, -0.1) is 0 Å². The molecule has 2 rings (SSSR count). The summed E-state index contributed by atoms with van der Waals surface area (Å²) in [5, 5.41) is 4.15. The molecule has 3 nitrogen and oxygen atoms in total. The molecule has 0 radical (unpaired) electrons. The highest BCUT2D eigenvalue weighted by molar-refractivity contribution is 9.10. The van der Waals surface area contributed by atoms with Crippen LogP contribution >= 0.6 is 15.9 Å². The molecule has 0 unspecified atom stereocenters. The first kappa shape index (κ1) is 11.3. The summed E-state index contributed by atoms with van der Waals surface area (Å²) in [4.78, 5) is 0. The monoisotopic (exact) mass is 283 g/mol. The lowest BCUT2D eigenvalue weighted by Crippen LogP contribution is -2.01. The highest BCUT2D eigenvalue weighted by atomic mass is 79.9. The molecule has 0 aliphatic carbocycles. The summed E-state index contributed by atoms with van der Waals surface area (Å²) >= 11 is 3.38. The van der Waals surface area contributed by atoms with Gasteiger partial charge >= 0.3 is 0 Å². The van der Waals surface area contributed by atoms with Crippen molar-refractivity contribution in [2.75, 3.05) is 0 Å². The molecule has 1 aromatic carbocycles. The zero-order valence-electron chi connectivity index (χ0n) is 8.53. The smallest absolute Gasteiger partial charge is 0.123 e. The van der Waals surface area contributed by atoms with Crippen molar-refractivity contribution in [3.05, 3.63) is 52.0 Å². The van der Waals surface area contributed by atoms with Crippen molar-refractivity contribution in [3.8, 4) is 0 Å². The second-order valence-electron chi connectivity index (χ2n) is 3.49. The molecule has 84 valence electrons. The van der Waals surface area contributed by atoms with Gasteiger partial charge in [0.15, 0.2) is 0 Å². The van der Waals surface area contributed by atoms with Crippen molar-refractivity contribution in [1.82, 2.24) is 9.78 Å². The van der Waals surface area contributed by atoms with Crippen molar-refractivity contribution < 1.29 is 4.39 Å². The van der Waals surface area contributed by atoms with Gasteiger partial charge in [-0.3, -0.25) is 4.68 Å². The Kier molecular flexibility index (Phi) is 3.36. The Balaban J connectivity index is 2.22. The predicted molar refractivity (Wildman–Crippen MR) is 63.3 cm³/mol. The molecule has 1 aromatic heterocycles. The fourth-order valence-corrected chi connectivity index (χ4v) is 1.81. The average molecular weight is 284 g/mol. The van der Waals surface area contributed by atoms with Crippen molar-refractivity contribution in [2.24, 2.45) is 5.73 Å². The summed E-state index contributed by atoms with van der Waals surface area (Å²) in [6.45, 7) is 0.989. The average Bonchev–Trinajstić information content (AvgIpc) is 2.71. The van der Waals surface area contributed by atoms with E-state index in [9.17, 15) is 4.39 Å². The summed E-state index contributed by atoms with van der Waals surface area (Å²) in [5.74, 6) is -0.246. The van der Waals surface area contributed by atoms with Crippen molar-refractivity contribution in [1.29, 1.82) is 0 Å². The van der Waals surface area contributed by atoms with Crippen LogP contribution in [0.3, 0.4) is 0 Å². The Bertz CT molecular complexity index is 496. The fraction of sp³-hybridized carbons (Fsp3) is 0.182. The maximum atomic E-state index is 13.1. The second-order valence-corrected chi connectivity index (χ2v) is 4.34.